The molecular weight excluding hydrogens is 552 g/mol. The number of rotatable bonds is 8. The monoisotopic (exact) mass is 572 g/mol. The van der Waals surface area contributed by atoms with Gasteiger partial charge in [-0.3, -0.25) is 4.79 Å². The van der Waals surface area contributed by atoms with Crippen LogP contribution in [0.1, 0.15) is 18.1 Å². The Kier molecular flexibility index (Phi) is 8.38. The molecule has 1 saturated heterocycles. The van der Waals surface area contributed by atoms with Gasteiger partial charge in [0.05, 0.1) is 29.3 Å². The zero-order valence-corrected chi connectivity index (χ0v) is 22.2. The third kappa shape index (κ3) is 6.60. The Balaban J connectivity index is 1.53. The van der Waals surface area contributed by atoms with Gasteiger partial charge in [-0.1, -0.05) is 39.7 Å². The molecule has 0 atom stereocenters. The second kappa shape index (κ2) is 11.7. The van der Waals surface area contributed by atoms with E-state index in [-0.39, 0.29) is 5.91 Å². The van der Waals surface area contributed by atoms with Crippen molar-refractivity contribution < 1.29 is 19.0 Å². The first-order valence-electron chi connectivity index (χ1n) is 10.7. The summed E-state index contributed by atoms with van der Waals surface area (Å²) in [7, 11) is 1.61. The predicted octanol–water partition coefficient (Wildman–Crippen LogP) is 6.98. The van der Waals surface area contributed by atoms with E-state index in [2.05, 4.69) is 26.2 Å². The van der Waals surface area contributed by atoms with Crippen LogP contribution in [-0.4, -0.2) is 24.8 Å². The molecule has 1 amide bonds. The zero-order chi connectivity index (χ0) is 24.8. The molecule has 1 aliphatic rings. The molecule has 6 nitrogen and oxygen atoms in total. The molecule has 180 valence electrons. The van der Waals surface area contributed by atoms with Gasteiger partial charge in [-0.25, -0.2) is 4.99 Å². The largest absolute Gasteiger partial charge is 0.497 e. The van der Waals surface area contributed by atoms with E-state index in [9.17, 15) is 4.79 Å². The molecule has 4 rings (SSSR count). The van der Waals surface area contributed by atoms with E-state index in [4.69, 9.17) is 25.8 Å². The number of hydrogen-bond donors (Lipinski definition) is 1. The Labute approximate surface area is 221 Å². The third-order valence-electron chi connectivity index (χ3n) is 4.88. The van der Waals surface area contributed by atoms with Crippen LogP contribution in [0.5, 0.6) is 17.2 Å². The molecule has 0 radical (unpaired) electrons. The van der Waals surface area contributed by atoms with E-state index in [0.717, 1.165) is 21.3 Å². The van der Waals surface area contributed by atoms with Gasteiger partial charge in [-0.15, -0.1) is 0 Å². The van der Waals surface area contributed by atoms with Crippen LogP contribution < -0.4 is 19.5 Å². The Morgan fingerprint density at radius 1 is 1.09 bits per heavy atom. The number of methoxy groups -OCH3 is 1. The van der Waals surface area contributed by atoms with Crippen molar-refractivity contribution in [3.63, 3.8) is 0 Å². The molecule has 0 aliphatic carbocycles. The minimum absolute atomic E-state index is 0.230. The number of ether oxygens (including phenoxy) is 3. The number of hydrogen-bond acceptors (Lipinski definition) is 6. The van der Waals surface area contributed by atoms with Crippen LogP contribution in [0, 0.1) is 0 Å². The number of amidine groups is 1. The average Bonchev–Trinajstić information content (AvgIpc) is 3.18. The maximum absolute atomic E-state index is 12.5. The van der Waals surface area contributed by atoms with Crippen LogP contribution in [0.4, 0.5) is 5.69 Å². The standard InChI is InChI=1S/C26H22BrClN2O4S/c1-3-33-22-13-17(12-21(28)24(22)34-15-16-4-6-18(27)7-5-16)14-23-25(31)30-26(35-23)29-19-8-10-20(32-2)11-9-19/h4-14H,3,15H2,1-2H3,(H,29,30,31)/b23-14+. The molecule has 0 bridgehead atoms. The minimum Gasteiger partial charge on any atom is -0.497 e. The summed E-state index contributed by atoms with van der Waals surface area (Å²) in [5, 5.41) is 3.69. The Hall–Kier alpha value is -2.94. The molecule has 9 heteroatoms. The third-order valence-corrected chi connectivity index (χ3v) is 6.60. The summed E-state index contributed by atoms with van der Waals surface area (Å²) in [6, 6.07) is 18.7. The summed E-state index contributed by atoms with van der Waals surface area (Å²) in [5.41, 5.74) is 2.43. The van der Waals surface area contributed by atoms with Gasteiger partial charge in [-0.2, -0.15) is 0 Å². The molecule has 1 fully saturated rings. The summed E-state index contributed by atoms with van der Waals surface area (Å²) in [4.78, 5) is 17.5. The summed E-state index contributed by atoms with van der Waals surface area (Å²) >= 11 is 11.2. The van der Waals surface area contributed by atoms with Crippen LogP contribution in [0.2, 0.25) is 5.02 Å². The van der Waals surface area contributed by atoms with Gasteiger partial charge in [0.25, 0.3) is 5.91 Å². The molecule has 0 saturated carbocycles. The first-order valence-corrected chi connectivity index (χ1v) is 12.7. The Morgan fingerprint density at radius 3 is 2.51 bits per heavy atom. The fourth-order valence-corrected chi connectivity index (χ4v) is 4.60. The SMILES string of the molecule is CCOc1cc(/C=C2/SC(=Nc3ccc(OC)cc3)NC2=O)cc(Cl)c1OCc1ccc(Br)cc1. The number of aliphatic imine (C=N–C) groups is 1. The van der Waals surface area contributed by atoms with Crippen molar-refractivity contribution in [1.82, 2.24) is 5.32 Å². The van der Waals surface area contributed by atoms with Crippen LogP contribution >= 0.6 is 39.3 Å². The molecule has 3 aromatic rings. The molecule has 1 aliphatic heterocycles. The van der Waals surface area contributed by atoms with Gasteiger partial charge in [-0.05, 0) is 84.4 Å². The Morgan fingerprint density at radius 2 is 1.83 bits per heavy atom. The highest BCUT2D eigenvalue weighted by Gasteiger charge is 2.24. The highest BCUT2D eigenvalue weighted by molar-refractivity contribution is 9.10. The number of carbonyl (C=O) groups is 1. The highest BCUT2D eigenvalue weighted by atomic mass is 79.9. The smallest absolute Gasteiger partial charge is 0.264 e. The van der Waals surface area contributed by atoms with Crippen molar-refractivity contribution in [2.24, 2.45) is 4.99 Å². The molecule has 0 unspecified atom stereocenters. The second-order valence-electron chi connectivity index (χ2n) is 7.36. The lowest BCUT2D eigenvalue weighted by molar-refractivity contribution is -0.115. The lowest BCUT2D eigenvalue weighted by Gasteiger charge is -2.15. The number of halogens is 2. The average molecular weight is 574 g/mol. The van der Waals surface area contributed by atoms with E-state index < -0.39 is 0 Å². The highest BCUT2D eigenvalue weighted by Crippen LogP contribution is 2.39. The molecule has 3 aromatic carbocycles. The van der Waals surface area contributed by atoms with Crippen LogP contribution in [-0.2, 0) is 11.4 Å². The topological polar surface area (TPSA) is 69.2 Å². The van der Waals surface area contributed by atoms with Gasteiger partial charge in [0.1, 0.15) is 12.4 Å². The number of nitrogens with one attached hydrogen (secondary N) is 1. The number of thioether (sulfide) groups is 1. The van der Waals surface area contributed by atoms with Crippen molar-refractivity contribution >= 4 is 62.1 Å². The fourth-order valence-electron chi connectivity index (χ4n) is 3.22. The van der Waals surface area contributed by atoms with Crippen LogP contribution in [0.3, 0.4) is 0 Å². The quantitative estimate of drug-likeness (QED) is 0.295. The first kappa shape index (κ1) is 25.2. The van der Waals surface area contributed by atoms with Crippen LogP contribution in [0.25, 0.3) is 6.08 Å². The van der Waals surface area contributed by atoms with Crippen molar-refractivity contribution in [2.75, 3.05) is 13.7 Å². The van der Waals surface area contributed by atoms with Crippen molar-refractivity contribution in [3.8, 4) is 17.2 Å². The molecule has 1 N–H and O–H groups in total. The molecular formula is C26H22BrClN2O4S. The number of nitrogens with zero attached hydrogens (tertiary/aromatic N) is 1. The lowest BCUT2D eigenvalue weighted by atomic mass is 10.1. The van der Waals surface area contributed by atoms with E-state index in [0.29, 0.717) is 45.5 Å². The Bertz CT molecular complexity index is 1280. The van der Waals surface area contributed by atoms with Gasteiger partial charge >= 0.3 is 0 Å². The minimum atomic E-state index is -0.230. The fraction of sp³-hybridized carbons (Fsp3) is 0.154. The summed E-state index contributed by atoms with van der Waals surface area (Å²) in [6.45, 7) is 2.68. The van der Waals surface area contributed by atoms with E-state index in [1.807, 2.05) is 61.5 Å². The molecule has 35 heavy (non-hydrogen) atoms. The predicted molar refractivity (Wildman–Crippen MR) is 145 cm³/mol. The summed E-state index contributed by atoms with van der Waals surface area (Å²) < 4.78 is 17.9. The van der Waals surface area contributed by atoms with Gasteiger partial charge in [0.15, 0.2) is 16.7 Å². The van der Waals surface area contributed by atoms with Gasteiger partial charge in [0, 0.05) is 4.47 Å². The van der Waals surface area contributed by atoms with Crippen LogP contribution in [0.15, 0.2) is 75.0 Å². The molecule has 0 spiro atoms. The maximum Gasteiger partial charge on any atom is 0.264 e. The van der Waals surface area contributed by atoms with Gasteiger partial charge < -0.3 is 19.5 Å². The second-order valence-corrected chi connectivity index (χ2v) is 9.71. The molecule has 1 heterocycles. The number of carbonyl (C=O) groups excluding carboxylic acids is 1. The van der Waals surface area contributed by atoms with E-state index >= 15 is 0 Å². The van der Waals surface area contributed by atoms with E-state index in [1.165, 1.54) is 11.8 Å². The van der Waals surface area contributed by atoms with Crippen molar-refractivity contribution in [2.45, 2.75) is 13.5 Å². The van der Waals surface area contributed by atoms with E-state index in [1.54, 1.807) is 19.3 Å². The summed E-state index contributed by atoms with van der Waals surface area (Å²) in [6.07, 6.45) is 1.75. The number of amides is 1. The first-order chi connectivity index (χ1) is 16.9. The summed E-state index contributed by atoms with van der Waals surface area (Å²) in [5.74, 6) is 1.49. The lowest BCUT2D eigenvalue weighted by Crippen LogP contribution is -2.19. The molecule has 0 aromatic heterocycles. The maximum atomic E-state index is 12.5. The normalized spacial score (nSPS) is 15.4. The van der Waals surface area contributed by atoms with Crippen molar-refractivity contribution in [1.29, 1.82) is 0 Å². The zero-order valence-electron chi connectivity index (χ0n) is 19.0. The van der Waals surface area contributed by atoms with Gasteiger partial charge in [0.2, 0.25) is 0 Å². The number of benzene rings is 3. The van der Waals surface area contributed by atoms with Crippen molar-refractivity contribution in [3.05, 3.63) is 86.2 Å².